The molecule has 0 N–H and O–H groups in total. The summed E-state index contributed by atoms with van der Waals surface area (Å²) in [5.41, 5.74) is 0.994. The zero-order chi connectivity index (χ0) is 19.7. The maximum Gasteiger partial charge on any atom is 0.601 e. The van der Waals surface area contributed by atoms with Crippen LogP contribution in [0.3, 0.4) is 0 Å². The first-order chi connectivity index (χ1) is 12.9. The molecule has 0 spiro atoms. The third-order valence-electron chi connectivity index (χ3n) is 3.16. The van der Waals surface area contributed by atoms with Crippen LogP contribution in [-0.2, 0) is 9.31 Å². The van der Waals surface area contributed by atoms with Crippen molar-refractivity contribution >= 4 is 42.7 Å². The molecular formula is C16H16BCl2F2N4O2-. The van der Waals surface area contributed by atoms with Gasteiger partial charge in [0.25, 0.3) is 0 Å². The molecule has 0 aliphatic heterocycles. The standard InChI is InChI=1S/C16H16BCl2F2N4O2/c1-26-17(20,21)27-14(10-22-8-12-4-2-6-15(18)24-12)11-23-9-13-5-3-7-16(19)25-13/h2-9,14H,10-11H2,1H3/q-1. The van der Waals surface area contributed by atoms with Gasteiger partial charge in [-0.25, -0.2) is 9.97 Å². The van der Waals surface area contributed by atoms with Crippen LogP contribution in [0, 0.1) is 0 Å². The van der Waals surface area contributed by atoms with Gasteiger partial charge in [-0.15, -0.1) is 0 Å². The van der Waals surface area contributed by atoms with Crippen molar-refractivity contribution in [2.45, 2.75) is 6.10 Å². The highest BCUT2D eigenvalue weighted by molar-refractivity contribution is 6.51. The van der Waals surface area contributed by atoms with Crippen LogP contribution in [0.15, 0.2) is 46.4 Å². The first-order valence-electron chi connectivity index (χ1n) is 7.85. The van der Waals surface area contributed by atoms with Crippen LogP contribution in [0.25, 0.3) is 0 Å². The fourth-order valence-electron chi connectivity index (χ4n) is 1.94. The third-order valence-corrected chi connectivity index (χ3v) is 3.58. The topological polar surface area (TPSA) is 69.0 Å². The summed E-state index contributed by atoms with van der Waals surface area (Å²) >= 11 is 11.6. The van der Waals surface area contributed by atoms with E-state index in [9.17, 15) is 8.63 Å². The van der Waals surface area contributed by atoms with Crippen LogP contribution in [0.2, 0.25) is 10.3 Å². The monoisotopic (exact) mass is 415 g/mol. The fraction of sp³-hybridized carbons (Fsp3) is 0.250. The Hall–Kier alpha value is -1.94. The van der Waals surface area contributed by atoms with Gasteiger partial charge in [0.05, 0.1) is 30.6 Å². The molecule has 0 bridgehead atoms. The van der Waals surface area contributed by atoms with Crippen LogP contribution in [0.1, 0.15) is 11.4 Å². The molecule has 0 aliphatic rings. The van der Waals surface area contributed by atoms with Crippen molar-refractivity contribution < 1.29 is 17.9 Å². The summed E-state index contributed by atoms with van der Waals surface area (Å²) in [6.45, 7) is -0.148. The largest absolute Gasteiger partial charge is 0.601 e. The number of aromatic nitrogens is 2. The number of pyridine rings is 2. The van der Waals surface area contributed by atoms with Crippen molar-refractivity contribution in [1.82, 2.24) is 9.97 Å². The molecule has 6 nitrogen and oxygen atoms in total. The van der Waals surface area contributed by atoms with Gasteiger partial charge >= 0.3 is 7.11 Å². The Kier molecular flexibility index (Phi) is 8.24. The quantitative estimate of drug-likeness (QED) is 0.355. The van der Waals surface area contributed by atoms with E-state index in [1.165, 1.54) is 12.4 Å². The Morgan fingerprint density at radius 2 is 1.48 bits per heavy atom. The molecule has 2 aromatic heterocycles. The van der Waals surface area contributed by atoms with Gasteiger partial charge < -0.3 is 17.9 Å². The lowest BCUT2D eigenvalue weighted by Crippen LogP contribution is -2.38. The van der Waals surface area contributed by atoms with Crippen molar-refractivity contribution in [3.8, 4) is 0 Å². The van der Waals surface area contributed by atoms with E-state index in [-0.39, 0.29) is 13.1 Å². The number of aliphatic imine (C=N–C) groups is 2. The third kappa shape index (κ3) is 8.09. The molecule has 0 radical (unpaired) electrons. The van der Waals surface area contributed by atoms with E-state index in [4.69, 9.17) is 27.9 Å². The predicted octanol–water partition coefficient (Wildman–Crippen LogP) is 3.73. The van der Waals surface area contributed by atoms with Crippen LogP contribution in [0.5, 0.6) is 0 Å². The van der Waals surface area contributed by atoms with Gasteiger partial charge in [-0.3, -0.25) is 9.98 Å². The zero-order valence-electron chi connectivity index (χ0n) is 14.3. The van der Waals surface area contributed by atoms with Crippen LogP contribution in [0.4, 0.5) is 8.63 Å². The minimum absolute atomic E-state index is 0.0742. The summed E-state index contributed by atoms with van der Waals surface area (Å²) < 4.78 is 35.7. The molecule has 0 amide bonds. The van der Waals surface area contributed by atoms with Crippen molar-refractivity contribution in [2.75, 3.05) is 20.2 Å². The molecule has 0 aliphatic carbocycles. The van der Waals surface area contributed by atoms with Gasteiger partial charge in [0.1, 0.15) is 10.3 Å². The second-order valence-electron chi connectivity index (χ2n) is 5.29. The fourth-order valence-corrected chi connectivity index (χ4v) is 2.28. The maximum absolute atomic E-state index is 13.5. The highest BCUT2D eigenvalue weighted by atomic mass is 35.5. The lowest BCUT2D eigenvalue weighted by atomic mass is 10.2. The molecular weight excluding hydrogens is 400 g/mol. The van der Waals surface area contributed by atoms with E-state index in [2.05, 4.69) is 24.6 Å². The molecule has 2 aromatic rings. The first-order valence-corrected chi connectivity index (χ1v) is 8.61. The van der Waals surface area contributed by atoms with E-state index in [0.717, 1.165) is 7.11 Å². The summed E-state index contributed by atoms with van der Waals surface area (Å²) in [5.74, 6) is 0. The van der Waals surface area contributed by atoms with E-state index in [1.54, 1.807) is 36.4 Å². The van der Waals surface area contributed by atoms with E-state index < -0.39 is 13.2 Å². The summed E-state index contributed by atoms with van der Waals surface area (Å²) in [7, 11) is -3.55. The van der Waals surface area contributed by atoms with Gasteiger partial charge in [0, 0.05) is 12.4 Å². The first kappa shape index (κ1) is 21.4. The second-order valence-corrected chi connectivity index (χ2v) is 6.06. The molecule has 2 rings (SSSR count). The molecule has 0 saturated carbocycles. The SMILES string of the molecule is CO[B-](F)(F)OC(CN=Cc1cccc(Cl)n1)CN=Cc1cccc(Cl)n1. The smallest absolute Gasteiger partial charge is 0.514 e. The molecule has 27 heavy (non-hydrogen) atoms. The number of hydrogen-bond acceptors (Lipinski definition) is 6. The Morgan fingerprint density at radius 1 is 1.00 bits per heavy atom. The molecule has 0 saturated heterocycles. The van der Waals surface area contributed by atoms with Gasteiger partial charge in [0.15, 0.2) is 0 Å². The lowest BCUT2D eigenvalue weighted by Gasteiger charge is -2.28. The Labute approximate surface area is 165 Å². The Balaban J connectivity index is 2.02. The zero-order valence-corrected chi connectivity index (χ0v) is 15.8. The number of hydrogen-bond donors (Lipinski definition) is 0. The maximum atomic E-state index is 13.5. The molecule has 0 aromatic carbocycles. The van der Waals surface area contributed by atoms with Crippen LogP contribution < -0.4 is 0 Å². The van der Waals surface area contributed by atoms with E-state index in [1.807, 2.05) is 0 Å². The normalized spacial score (nSPS) is 13.5. The van der Waals surface area contributed by atoms with Crippen LogP contribution in [-0.4, -0.2) is 55.8 Å². The van der Waals surface area contributed by atoms with Crippen LogP contribution >= 0.6 is 23.2 Å². The van der Waals surface area contributed by atoms with Crippen molar-refractivity contribution in [3.05, 3.63) is 58.1 Å². The predicted molar refractivity (Wildman–Crippen MR) is 103 cm³/mol. The summed E-state index contributed by atoms with van der Waals surface area (Å²) in [6.07, 6.45) is 1.83. The van der Waals surface area contributed by atoms with E-state index >= 15 is 0 Å². The minimum atomic E-state index is -4.42. The number of rotatable bonds is 9. The highest BCUT2D eigenvalue weighted by Gasteiger charge is 2.29. The van der Waals surface area contributed by atoms with Gasteiger partial charge in [0.2, 0.25) is 0 Å². The second kappa shape index (κ2) is 10.4. The molecule has 2 heterocycles. The van der Waals surface area contributed by atoms with E-state index in [0.29, 0.717) is 21.7 Å². The summed E-state index contributed by atoms with van der Waals surface area (Å²) in [5, 5.41) is 0.610. The number of halogens is 4. The van der Waals surface area contributed by atoms with Gasteiger partial charge in [-0.2, -0.15) is 0 Å². The summed E-state index contributed by atoms with van der Waals surface area (Å²) in [4.78, 5) is 16.2. The average molecular weight is 416 g/mol. The molecule has 11 heteroatoms. The van der Waals surface area contributed by atoms with Crippen molar-refractivity contribution in [1.29, 1.82) is 0 Å². The average Bonchev–Trinajstić information content (AvgIpc) is 2.61. The molecule has 144 valence electrons. The Morgan fingerprint density at radius 3 is 1.89 bits per heavy atom. The highest BCUT2D eigenvalue weighted by Crippen LogP contribution is 2.13. The lowest BCUT2D eigenvalue weighted by molar-refractivity contribution is 0.0697. The molecule has 0 fully saturated rings. The Bertz CT molecular complexity index is 754. The van der Waals surface area contributed by atoms with Gasteiger partial charge in [-0.1, -0.05) is 35.3 Å². The van der Waals surface area contributed by atoms with Crippen molar-refractivity contribution in [2.24, 2.45) is 9.98 Å². The minimum Gasteiger partial charge on any atom is -0.514 e. The van der Waals surface area contributed by atoms with Crippen molar-refractivity contribution in [3.63, 3.8) is 0 Å². The van der Waals surface area contributed by atoms with Gasteiger partial charge in [-0.05, 0) is 31.4 Å². The molecule has 0 unspecified atom stereocenters. The molecule has 0 atom stereocenters. The number of nitrogens with zero attached hydrogens (tertiary/aromatic N) is 4. The summed E-state index contributed by atoms with van der Waals surface area (Å²) in [6, 6.07) is 10.0.